The molecule has 1 saturated heterocycles. The summed E-state index contributed by atoms with van der Waals surface area (Å²) >= 11 is 0. The lowest BCUT2D eigenvalue weighted by Crippen LogP contribution is -2.33. The van der Waals surface area contributed by atoms with Gasteiger partial charge < -0.3 is 9.47 Å². The van der Waals surface area contributed by atoms with Crippen molar-refractivity contribution in [3.05, 3.63) is 35.4 Å². The highest BCUT2D eigenvalue weighted by Gasteiger charge is 2.37. The number of carbonyl (C=O) groups excluding carboxylic acids is 3. The van der Waals surface area contributed by atoms with Gasteiger partial charge in [-0.05, 0) is 44.4 Å². The molecule has 0 unspecified atom stereocenters. The molecular formula is C16H19NO5. The molecule has 1 aromatic rings. The molecule has 22 heavy (non-hydrogen) atoms. The first-order valence-corrected chi connectivity index (χ1v) is 7.31. The first-order valence-electron chi connectivity index (χ1n) is 7.31. The van der Waals surface area contributed by atoms with Crippen LogP contribution in [0.25, 0.3) is 0 Å². The van der Waals surface area contributed by atoms with Crippen molar-refractivity contribution in [2.75, 3.05) is 13.2 Å². The molecule has 118 valence electrons. The third kappa shape index (κ3) is 3.63. The molecule has 1 heterocycles. The van der Waals surface area contributed by atoms with Crippen LogP contribution in [0.2, 0.25) is 0 Å². The summed E-state index contributed by atoms with van der Waals surface area (Å²) in [5.41, 5.74) is 1.50. The Bertz CT molecular complexity index is 584. The topological polar surface area (TPSA) is 72.9 Å². The molecule has 0 aliphatic carbocycles. The molecule has 1 amide bonds. The molecule has 0 bridgehead atoms. The molecule has 1 atom stereocenters. The fourth-order valence-electron chi connectivity index (χ4n) is 2.32. The Morgan fingerprint density at radius 1 is 1.36 bits per heavy atom. The Morgan fingerprint density at radius 2 is 2.14 bits per heavy atom. The number of nitrogens with zero attached hydrogens (tertiary/aromatic N) is 1. The Hall–Kier alpha value is -2.37. The summed E-state index contributed by atoms with van der Waals surface area (Å²) in [6.07, 6.45) is 0.787. The third-order valence-electron chi connectivity index (χ3n) is 3.53. The number of esters is 2. The molecule has 0 radical (unpaired) electrons. The number of carbonyl (C=O) groups is 3. The maximum absolute atomic E-state index is 11.7. The maximum atomic E-state index is 11.7. The van der Waals surface area contributed by atoms with Crippen molar-refractivity contribution in [3.8, 4) is 0 Å². The minimum atomic E-state index is -0.585. The van der Waals surface area contributed by atoms with E-state index in [0.717, 1.165) is 5.56 Å². The number of benzene rings is 1. The molecule has 0 aromatic heterocycles. The lowest BCUT2D eigenvalue weighted by molar-refractivity contribution is -0.135. The van der Waals surface area contributed by atoms with E-state index >= 15 is 0 Å². The second-order valence-corrected chi connectivity index (χ2v) is 5.08. The first kappa shape index (κ1) is 16.0. The Balaban J connectivity index is 1.89. The first-order chi connectivity index (χ1) is 10.5. The van der Waals surface area contributed by atoms with Crippen LogP contribution in [0.15, 0.2) is 24.3 Å². The van der Waals surface area contributed by atoms with Crippen LogP contribution in [-0.4, -0.2) is 42.1 Å². The summed E-state index contributed by atoms with van der Waals surface area (Å²) in [6, 6.07) is 6.69. The zero-order valence-corrected chi connectivity index (χ0v) is 12.7. The average molecular weight is 305 g/mol. The van der Waals surface area contributed by atoms with Crippen LogP contribution in [-0.2, 0) is 20.7 Å². The molecule has 0 N–H and O–H groups in total. The van der Waals surface area contributed by atoms with Gasteiger partial charge in [0.1, 0.15) is 6.04 Å². The maximum Gasteiger partial charge on any atom is 0.418 e. The second kappa shape index (κ2) is 7.06. The van der Waals surface area contributed by atoms with Crippen LogP contribution in [0.5, 0.6) is 0 Å². The van der Waals surface area contributed by atoms with E-state index in [1.807, 2.05) is 6.07 Å². The summed E-state index contributed by atoms with van der Waals surface area (Å²) in [5, 5.41) is 0. The molecule has 1 aliphatic heterocycles. The highest BCUT2D eigenvalue weighted by molar-refractivity contribution is 5.95. The fourth-order valence-corrected chi connectivity index (χ4v) is 2.32. The van der Waals surface area contributed by atoms with Gasteiger partial charge >= 0.3 is 18.0 Å². The smallest absolute Gasteiger partial charge is 0.418 e. The molecule has 6 heteroatoms. The van der Waals surface area contributed by atoms with Gasteiger partial charge in [-0.3, -0.25) is 4.90 Å². The van der Waals surface area contributed by atoms with Gasteiger partial charge in [-0.1, -0.05) is 12.1 Å². The molecule has 1 aliphatic rings. The van der Waals surface area contributed by atoms with Crippen LogP contribution in [0.3, 0.4) is 0 Å². The minimum Gasteiger partial charge on any atom is -0.462 e. The molecule has 2 rings (SSSR count). The van der Waals surface area contributed by atoms with E-state index in [-0.39, 0.29) is 5.97 Å². The number of ether oxygens (including phenoxy) is 2. The van der Waals surface area contributed by atoms with Crippen molar-refractivity contribution in [3.63, 3.8) is 0 Å². The van der Waals surface area contributed by atoms with Gasteiger partial charge in [0.05, 0.1) is 12.2 Å². The van der Waals surface area contributed by atoms with Crippen molar-refractivity contribution in [2.45, 2.75) is 32.7 Å². The average Bonchev–Trinajstić information content (AvgIpc) is 2.74. The second-order valence-electron chi connectivity index (χ2n) is 5.08. The summed E-state index contributed by atoms with van der Waals surface area (Å²) in [6.45, 7) is 4.19. The largest absolute Gasteiger partial charge is 0.462 e. The van der Waals surface area contributed by atoms with Crippen molar-refractivity contribution < 1.29 is 23.9 Å². The van der Waals surface area contributed by atoms with E-state index in [2.05, 4.69) is 4.74 Å². The molecule has 1 fully saturated rings. The summed E-state index contributed by atoms with van der Waals surface area (Å²) < 4.78 is 9.52. The monoisotopic (exact) mass is 305 g/mol. The lowest BCUT2D eigenvalue weighted by atomic mass is 10.1. The number of hydrogen-bond acceptors (Lipinski definition) is 5. The minimum absolute atomic E-state index is 0.339. The lowest BCUT2D eigenvalue weighted by Gasteiger charge is -2.16. The number of aryl methyl sites for hydroxylation is 1. The van der Waals surface area contributed by atoms with E-state index in [1.165, 1.54) is 4.90 Å². The zero-order chi connectivity index (χ0) is 16.1. The van der Waals surface area contributed by atoms with Crippen LogP contribution in [0, 0.1) is 0 Å². The molecule has 1 aromatic carbocycles. The standard InChI is InChI=1S/C16H19NO5/c1-3-21-15(19)13-8-4-6-12(10-13)7-5-9-17-11(2)14(18)22-16(17)20/h4,6,8,10-11H,3,5,7,9H2,1-2H3/t11-/m0/s1. The van der Waals surface area contributed by atoms with E-state index < -0.39 is 18.1 Å². The highest BCUT2D eigenvalue weighted by Crippen LogP contribution is 2.15. The van der Waals surface area contributed by atoms with Gasteiger partial charge in [-0.25, -0.2) is 14.4 Å². The summed E-state index contributed by atoms with van der Waals surface area (Å²) in [4.78, 5) is 35.8. The van der Waals surface area contributed by atoms with E-state index in [9.17, 15) is 14.4 Å². The van der Waals surface area contributed by atoms with Crippen molar-refractivity contribution in [1.82, 2.24) is 4.90 Å². The molecule has 6 nitrogen and oxygen atoms in total. The Labute approximate surface area is 129 Å². The molecule has 0 spiro atoms. The predicted octanol–water partition coefficient (Wildman–Crippen LogP) is 2.16. The van der Waals surface area contributed by atoms with Crippen molar-refractivity contribution in [2.24, 2.45) is 0 Å². The number of rotatable bonds is 6. The molecule has 0 saturated carbocycles. The summed E-state index contributed by atoms with van der Waals surface area (Å²) in [5.74, 6) is -0.846. The van der Waals surface area contributed by atoms with E-state index in [0.29, 0.717) is 31.6 Å². The fraction of sp³-hybridized carbons (Fsp3) is 0.438. The molecular weight excluding hydrogens is 286 g/mol. The van der Waals surface area contributed by atoms with E-state index in [1.54, 1.807) is 32.0 Å². The van der Waals surface area contributed by atoms with Gasteiger partial charge in [-0.15, -0.1) is 0 Å². The van der Waals surface area contributed by atoms with Crippen LogP contribution in [0.1, 0.15) is 36.2 Å². The highest BCUT2D eigenvalue weighted by atomic mass is 16.6. The van der Waals surface area contributed by atoms with Gasteiger partial charge in [0.15, 0.2) is 0 Å². The number of amides is 1. The quantitative estimate of drug-likeness (QED) is 0.595. The summed E-state index contributed by atoms with van der Waals surface area (Å²) in [7, 11) is 0. The Morgan fingerprint density at radius 3 is 2.77 bits per heavy atom. The SMILES string of the molecule is CCOC(=O)c1cccc(CCCN2C(=O)OC(=O)[C@@H]2C)c1. The van der Waals surface area contributed by atoms with Crippen molar-refractivity contribution >= 4 is 18.0 Å². The van der Waals surface area contributed by atoms with Crippen molar-refractivity contribution in [1.29, 1.82) is 0 Å². The van der Waals surface area contributed by atoms with Gasteiger partial charge in [0.2, 0.25) is 0 Å². The number of hydrogen-bond donors (Lipinski definition) is 0. The zero-order valence-electron chi connectivity index (χ0n) is 12.7. The third-order valence-corrected chi connectivity index (χ3v) is 3.53. The normalized spacial score (nSPS) is 17.5. The van der Waals surface area contributed by atoms with Gasteiger partial charge in [0, 0.05) is 6.54 Å². The predicted molar refractivity (Wildman–Crippen MR) is 78.4 cm³/mol. The van der Waals surface area contributed by atoms with Crippen LogP contribution >= 0.6 is 0 Å². The van der Waals surface area contributed by atoms with Gasteiger partial charge in [-0.2, -0.15) is 0 Å². The van der Waals surface area contributed by atoms with Gasteiger partial charge in [0.25, 0.3) is 0 Å². The van der Waals surface area contributed by atoms with Crippen LogP contribution < -0.4 is 0 Å². The van der Waals surface area contributed by atoms with Crippen LogP contribution in [0.4, 0.5) is 4.79 Å². The number of cyclic esters (lactones) is 2. The Kier molecular flexibility index (Phi) is 5.14. The van der Waals surface area contributed by atoms with E-state index in [4.69, 9.17) is 4.74 Å².